The van der Waals surface area contributed by atoms with E-state index in [-0.39, 0.29) is 11.8 Å². The second kappa shape index (κ2) is 5.22. The van der Waals surface area contributed by atoms with Crippen molar-refractivity contribution < 1.29 is 4.79 Å². The zero-order valence-corrected chi connectivity index (χ0v) is 10.9. The zero-order chi connectivity index (χ0) is 13.1. The SMILES string of the molecule is Cc1cccc(C)c1C(=O)N1CCC(C#N)CC1. The van der Waals surface area contributed by atoms with Gasteiger partial charge >= 0.3 is 0 Å². The van der Waals surface area contributed by atoms with E-state index in [2.05, 4.69) is 6.07 Å². The van der Waals surface area contributed by atoms with Crippen LogP contribution in [0.3, 0.4) is 0 Å². The lowest BCUT2D eigenvalue weighted by Crippen LogP contribution is -2.38. The largest absolute Gasteiger partial charge is 0.339 e. The molecule has 0 aromatic heterocycles. The predicted molar refractivity (Wildman–Crippen MR) is 70.2 cm³/mol. The molecule has 1 aliphatic heterocycles. The monoisotopic (exact) mass is 242 g/mol. The second-order valence-corrected chi connectivity index (χ2v) is 4.96. The Morgan fingerprint density at radius 3 is 2.33 bits per heavy atom. The van der Waals surface area contributed by atoms with Gasteiger partial charge in [-0.15, -0.1) is 0 Å². The normalized spacial score (nSPS) is 16.4. The topological polar surface area (TPSA) is 44.1 Å². The molecule has 18 heavy (non-hydrogen) atoms. The van der Waals surface area contributed by atoms with Crippen LogP contribution in [-0.2, 0) is 0 Å². The number of amides is 1. The van der Waals surface area contributed by atoms with E-state index in [1.54, 1.807) is 0 Å². The van der Waals surface area contributed by atoms with Gasteiger partial charge in [0.25, 0.3) is 5.91 Å². The highest BCUT2D eigenvalue weighted by atomic mass is 16.2. The first-order valence-corrected chi connectivity index (χ1v) is 6.38. The average Bonchev–Trinajstić information content (AvgIpc) is 2.38. The van der Waals surface area contributed by atoms with Crippen LogP contribution >= 0.6 is 0 Å². The van der Waals surface area contributed by atoms with Gasteiger partial charge in [-0.1, -0.05) is 18.2 Å². The summed E-state index contributed by atoms with van der Waals surface area (Å²) in [6, 6.07) is 8.21. The molecule has 1 heterocycles. The van der Waals surface area contributed by atoms with Gasteiger partial charge in [0, 0.05) is 24.6 Å². The van der Waals surface area contributed by atoms with Crippen LogP contribution in [0.1, 0.15) is 34.3 Å². The molecule has 0 bridgehead atoms. The number of carbonyl (C=O) groups is 1. The van der Waals surface area contributed by atoms with Gasteiger partial charge in [0.1, 0.15) is 0 Å². The first-order chi connectivity index (χ1) is 8.63. The van der Waals surface area contributed by atoms with Crippen LogP contribution in [0.15, 0.2) is 18.2 Å². The van der Waals surface area contributed by atoms with Gasteiger partial charge in [0.2, 0.25) is 0 Å². The minimum atomic E-state index is 0.113. The van der Waals surface area contributed by atoms with E-state index in [9.17, 15) is 4.79 Å². The van der Waals surface area contributed by atoms with Crippen LogP contribution < -0.4 is 0 Å². The standard InChI is InChI=1S/C15H18N2O/c1-11-4-3-5-12(2)14(11)15(18)17-8-6-13(10-16)7-9-17/h3-5,13H,6-9H2,1-2H3. The molecule has 1 aromatic rings. The molecule has 3 nitrogen and oxygen atoms in total. The van der Waals surface area contributed by atoms with E-state index < -0.39 is 0 Å². The molecule has 1 aromatic carbocycles. The number of nitrogens with zero attached hydrogens (tertiary/aromatic N) is 2. The number of hydrogen-bond donors (Lipinski definition) is 0. The third-order valence-corrected chi connectivity index (χ3v) is 3.66. The Kier molecular flexibility index (Phi) is 3.66. The van der Waals surface area contributed by atoms with E-state index in [1.165, 1.54) is 0 Å². The first-order valence-electron chi connectivity index (χ1n) is 6.38. The molecule has 1 saturated heterocycles. The van der Waals surface area contributed by atoms with E-state index in [0.717, 1.165) is 29.5 Å². The lowest BCUT2D eigenvalue weighted by molar-refractivity contribution is 0.0706. The Hall–Kier alpha value is -1.82. The molecule has 2 rings (SSSR count). The van der Waals surface area contributed by atoms with E-state index in [1.807, 2.05) is 36.9 Å². The molecule has 94 valence electrons. The molecule has 3 heteroatoms. The van der Waals surface area contributed by atoms with Crippen LogP contribution in [-0.4, -0.2) is 23.9 Å². The van der Waals surface area contributed by atoms with Crippen LogP contribution in [0.4, 0.5) is 0 Å². The highest BCUT2D eigenvalue weighted by Crippen LogP contribution is 2.21. The highest BCUT2D eigenvalue weighted by molar-refractivity contribution is 5.97. The zero-order valence-electron chi connectivity index (χ0n) is 10.9. The molecule has 0 radical (unpaired) electrons. The Morgan fingerprint density at radius 2 is 1.83 bits per heavy atom. The van der Waals surface area contributed by atoms with Crippen molar-refractivity contribution in [3.63, 3.8) is 0 Å². The van der Waals surface area contributed by atoms with Crippen molar-refractivity contribution in [2.45, 2.75) is 26.7 Å². The number of hydrogen-bond acceptors (Lipinski definition) is 2. The highest BCUT2D eigenvalue weighted by Gasteiger charge is 2.24. The molecule has 0 saturated carbocycles. The van der Waals surface area contributed by atoms with Gasteiger partial charge in [-0.05, 0) is 37.8 Å². The minimum absolute atomic E-state index is 0.113. The van der Waals surface area contributed by atoms with E-state index in [4.69, 9.17) is 5.26 Å². The molecule has 0 aliphatic carbocycles. The number of benzene rings is 1. The van der Waals surface area contributed by atoms with E-state index >= 15 is 0 Å². The summed E-state index contributed by atoms with van der Waals surface area (Å²) in [5.41, 5.74) is 2.89. The van der Waals surface area contributed by atoms with Gasteiger partial charge in [-0.3, -0.25) is 4.79 Å². The minimum Gasteiger partial charge on any atom is -0.339 e. The fourth-order valence-electron chi connectivity index (χ4n) is 2.52. The van der Waals surface area contributed by atoms with Crippen molar-refractivity contribution in [3.8, 4) is 6.07 Å². The Labute approximate surface area is 108 Å². The van der Waals surface area contributed by atoms with Crippen molar-refractivity contribution in [1.82, 2.24) is 4.90 Å². The molecule has 1 amide bonds. The number of piperidine rings is 1. The Morgan fingerprint density at radius 1 is 1.28 bits per heavy atom. The predicted octanol–water partition coefficient (Wildman–Crippen LogP) is 2.68. The van der Waals surface area contributed by atoms with Gasteiger partial charge in [0.05, 0.1) is 6.07 Å². The van der Waals surface area contributed by atoms with Gasteiger partial charge in [-0.25, -0.2) is 0 Å². The van der Waals surface area contributed by atoms with Gasteiger partial charge in [-0.2, -0.15) is 5.26 Å². The summed E-state index contributed by atoms with van der Waals surface area (Å²) < 4.78 is 0. The maximum Gasteiger partial charge on any atom is 0.254 e. The second-order valence-electron chi connectivity index (χ2n) is 4.96. The van der Waals surface area contributed by atoms with Crippen LogP contribution in [0.2, 0.25) is 0 Å². The third-order valence-electron chi connectivity index (χ3n) is 3.66. The quantitative estimate of drug-likeness (QED) is 0.760. The summed E-state index contributed by atoms with van der Waals surface area (Å²) in [7, 11) is 0. The number of aryl methyl sites for hydroxylation is 2. The van der Waals surface area contributed by atoms with E-state index in [0.29, 0.717) is 13.1 Å². The van der Waals surface area contributed by atoms with Crippen LogP contribution in [0.25, 0.3) is 0 Å². The van der Waals surface area contributed by atoms with Crippen molar-refractivity contribution in [3.05, 3.63) is 34.9 Å². The first kappa shape index (κ1) is 12.6. The number of nitriles is 1. The van der Waals surface area contributed by atoms with Crippen molar-refractivity contribution >= 4 is 5.91 Å². The van der Waals surface area contributed by atoms with Crippen molar-refractivity contribution in [1.29, 1.82) is 5.26 Å². The van der Waals surface area contributed by atoms with Crippen molar-refractivity contribution in [2.75, 3.05) is 13.1 Å². The summed E-state index contributed by atoms with van der Waals surface area (Å²) in [6.07, 6.45) is 1.60. The van der Waals surface area contributed by atoms with Crippen LogP contribution in [0.5, 0.6) is 0 Å². The van der Waals surface area contributed by atoms with Crippen LogP contribution in [0, 0.1) is 31.1 Å². The summed E-state index contributed by atoms with van der Waals surface area (Å²) in [6.45, 7) is 5.35. The third kappa shape index (κ3) is 2.38. The summed E-state index contributed by atoms with van der Waals surface area (Å²) in [4.78, 5) is 14.4. The maximum absolute atomic E-state index is 12.5. The fraction of sp³-hybridized carbons (Fsp3) is 0.467. The Balaban J connectivity index is 2.16. The molecular weight excluding hydrogens is 224 g/mol. The summed E-state index contributed by atoms with van der Waals surface area (Å²) in [5.74, 6) is 0.231. The number of rotatable bonds is 1. The fourth-order valence-corrected chi connectivity index (χ4v) is 2.52. The van der Waals surface area contributed by atoms with Gasteiger partial charge in [0.15, 0.2) is 0 Å². The summed E-state index contributed by atoms with van der Waals surface area (Å²) in [5, 5.41) is 8.87. The maximum atomic E-state index is 12.5. The smallest absolute Gasteiger partial charge is 0.254 e. The summed E-state index contributed by atoms with van der Waals surface area (Å²) >= 11 is 0. The van der Waals surface area contributed by atoms with Crippen molar-refractivity contribution in [2.24, 2.45) is 5.92 Å². The lowest BCUT2D eigenvalue weighted by atomic mass is 9.96. The Bertz CT molecular complexity index is 473. The molecular formula is C15H18N2O. The molecule has 0 atom stereocenters. The average molecular weight is 242 g/mol. The molecule has 1 aliphatic rings. The lowest BCUT2D eigenvalue weighted by Gasteiger charge is -2.30. The molecule has 0 N–H and O–H groups in total. The number of carbonyl (C=O) groups excluding carboxylic acids is 1. The molecule has 0 spiro atoms. The molecule has 1 fully saturated rings. The number of likely N-dealkylation sites (tertiary alicyclic amines) is 1. The van der Waals surface area contributed by atoms with Gasteiger partial charge < -0.3 is 4.90 Å². The molecule has 0 unspecified atom stereocenters.